The largest absolute Gasteiger partial charge is 0.507 e. The number of aromatic hydroxyl groups is 1. The van der Waals surface area contributed by atoms with Crippen molar-refractivity contribution in [1.29, 1.82) is 0 Å². The van der Waals surface area contributed by atoms with Gasteiger partial charge in [-0.2, -0.15) is 0 Å². The molecule has 3 aromatic carbocycles. The Morgan fingerprint density at radius 1 is 0.723 bits per heavy atom. The highest BCUT2D eigenvalue weighted by molar-refractivity contribution is 6.33. The Balaban J connectivity index is 1.38. The lowest BCUT2D eigenvalue weighted by Gasteiger charge is -2.44. The third-order valence-electron chi connectivity index (χ3n) is 10.3. The van der Waals surface area contributed by atoms with Crippen LogP contribution < -0.4 is 19.3 Å². The molecule has 0 unspecified atom stereocenters. The van der Waals surface area contributed by atoms with E-state index in [0.29, 0.717) is 32.7 Å². The van der Waals surface area contributed by atoms with E-state index in [9.17, 15) is 24.3 Å². The number of benzene rings is 3. The van der Waals surface area contributed by atoms with E-state index in [0.717, 1.165) is 21.6 Å². The number of hydrogen-bond acceptors (Lipinski definition) is 7. The van der Waals surface area contributed by atoms with Gasteiger partial charge in [-0.1, -0.05) is 47.0 Å². The molecule has 0 radical (unpaired) electrons. The van der Waals surface area contributed by atoms with E-state index in [1.54, 1.807) is 42.5 Å². The van der Waals surface area contributed by atoms with Crippen molar-refractivity contribution in [2.45, 2.75) is 32.6 Å². The van der Waals surface area contributed by atoms with Gasteiger partial charge < -0.3 is 14.6 Å². The number of imide groups is 2. The van der Waals surface area contributed by atoms with Crippen LogP contribution >= 0.6 is 23.2 Å². The van der Waals surface area contributed by atoms with Crippen LogP contribution in [0.2, 0.25) is 10.0 Å². The molecule has 2 saturated heterocycles. The number of amides is 4. The Bertz CT molecular complexity index is 1920. The van der Waals surface area contributed by atoms with Crippen LogP contribution in [0, 0.1) is 43.4 Å². The number of phenolic OH excluding ortho intramolecular Hbond substituents is 1. The van der Waals surface area contributed by atoms with Gasteiger partial charge in [-0.3, -0.25) is 19.2 Å². The minimum absolute atomic E-state index is 0.171. The van der Waals surface area contributed by atoms with Gasteiger partial charge in [0.2, 0.25) is 23.6 Å². The summed E-state index contributed by atoms with van der Waals surface area (Å²) < 4.78 is 11.1. The molecule has 0 aromatic heterocycles. The third kappa shape index (κ3) is 4.65. The summed E-state index contributed by atoms with van der Waals surface area (Å²) in [5.41, 5.74) is 3.39. The van der Waals surface area contributed by atoms with E-state index in [4.69, 9.17) is 32.7 Å². The molecule has 2 aliphatic heterocycles. The Morgan fingerprint density at radius 2 is 1.30 bits per heavy atom. The monoisotopic (exact) mass is 674 g/mol. The molecule has 11 heteroatoms. The van der Waals surface area contributed by atoms with E-state index in [2.05, 4.69) is 0 Å². The molecule has 6 atom stereocenters. The summed E-state index contributed by atoms with van der Waals surface area (Å²) in [4.78, 5) is 59.2. The van der Waals surface area contributed by atoms with Gasteiger partial charge in [-0.05, 0) is 68.0 Å². The van der Waals surface area contributed by atoms with Crippen LogP contribution in [0.1, 0.15) is 35.4 Å². The smallest absolute Gasteiger partial charge is 0.238 e. The van der Waals surface area contributed by atoms with Crippen molar-refractivity contribution in [3.63, 3.8) is 0 Å². The Hall–Kier alpha value is -4.34. The molecule has 7 rings (SSSR count). The summed E-state index contributed by atoms with van der Waals surface area (Å²) in [6, 6.07) is 13.2. The molecular formula is C36H32Cl2N2O7. The molecule has 2 heterocycles. The van der Waals surface area contributed by atoms with E-state index in [-0.39, 0.29) is 36.2 Å². The van der Waals surface area contributed by atoms with Crippen LogP contribution in [0.15, 0.2) is 60.2 Å². The topological polar surface area (TPSA) is 113 Å². The zero-order valence-corrected chi connectivity index (χ0v) is 27.6. The Kier molecular flexibility index (Phi) is 7.60. The second-order valence-electron chi connectivity index (χ2n) is 12.7. The number of aryl methyl sites for hydroxylation is 2. The summed E-state index contributed by atoms with van der Waals surface area (Å²) >= 11 is 12.8. The molecule has 3 fully saturated rings. The summed E-state index contributed by atoms with van der Waals surface area (Å²) in [5.74, 6) is -5.68. The normalized spacial score (nSPS) is 26.6. The van der Waals surface area contributed by atoms with Crippen LogP contribution in [0.5, 0.6) is 17.2 Å². The first-order valence-corrected chi connectivity index (χ1v) is 16.1. The first-order chi connectivity index (χ1) is 22.5. The lowest BCUT2D eigenvalue weighted by molar-refractivity contribution is -0.126. The highest BCUT2D eigenvalue weighted by Gasteiger charge is 2.63. The van der Waals surface area contributed by atoms with Gasteiger partial charge in [0.1, 0.15) is 17.2 Å². The fourth-order valence-electron chi connectivity index (χ4n) is 8.05. The number of allylic oxidation sites excluding steroid dienone is 2. The molecule has 1 N–H and O–H groups in total. The quantitative estimate of drug-likeness (QED) is 0.247. The second kappa shape index (κ2) is 11.4. The molecule has 4 amide bonds. The van der Waals surface area contributed by atoms with E-state index in [1.807, 2.05) is 19.9 Å². The van der Waals surface area contributed by atoms with Crippen molar-refractivity contribution in [2.75, 3.05) is 24.0 Å². The average Bonchev–Trinajstić information content (AvgIpc) is 3.46. The van der Waals surface area contributed by atoms with E-state index in [1.165, 1.54) is 25.2 Å². The maximum atomic E-state index is 14.4. The highest BCUT2D eigenvalue weighted by atomic mass is 35.5. The molecule has 9 nitrogen and oxygen atoms in total. The highest BCUT2D eigenvalue weighted by Crippen LogP contribution is 2.61. The molecular weight excluding hydrogens is 643 g/mol. The van der Waals surface area contributed by atoms with Crippen LogP contribution in [0.3, 0.4) is 0 Å². The van der Waals surface area contributed by atoms with Crippen LogP contribution in [-0.4, -0.2) is 43.0 Å². The van der Waals surface area contributed by atoms with Gasteiger partial charge >= 0.3 is 0 Å². The van der Waals surface area contributed by atoms with Crippen molar-refractivity contribution in [1.82, 2.24) is 0 Å². The molecule has 1 saturated carbocycles. The minimum atomic E-state index is -0.908. The van der Waals surface area contributed by atoms with E-state index >= 15 is 0 Å². The maximum absolute atomic E-state index is 14.4. The van der Waals surface area contributed by atoms with E-state index < -0.39 is 47.3 Å². The summed E-state index contributed by atoms with van der Waals surface area (Å²) in [7, 11) is 2.91. The number of carbonyl (C=O) groups excluding carboxylic acids is 4. The van der Waals surface area contributed by atoms with Gasteiger partial charge in [0.25, 0.3) is 0 Å². The summed E-state index contributed by atoms with van der Waals surface area (Å²) in [6.45, 7) is 3.67. The maximum Gasteiger partial charge on any atom is 0.238 e. The standard InChI is InChI=1S/C36H32Cl2N2O7/c1-16-5-7-18(11-25(16)37)39-33(42)22-10-9-21-23(29(22)35(39)44)15-24-31(30(21)32-27(41)13-20(46-3)14-28(32)47-4)36(45)40(34(24)43)19-8-6-17(2)26(38)12-19/h5-9,11-14,22-24,29-31,41H,10,15H2,1-4H3/t22-,23+,24+,29-,30-,31+/m0/s1. The van der Waals surface area contributed by atoms with Crippen LogP contribution in [-0.2, 0) is 19.2 Å². The number of methoxy groups -OCH3 is 2. The fourth-order valence-corrected chi connectivity index (χ4v) is 8.40. The molecule has 47 heavy (non-hydrogen) atoms. The van der Waals surface area contributed by atoms with Gasteiger partial charge in [0, 0.05) is 33.7 Å². The number of anilines is 2. The van der Waals surface area contributed by atoms with Gasteiger partial charge in [-0.15, -0.1) is 0 Å². The molecule has 4 aliphatic rings. The number of nitrogens with zero attached hydrogens (tertiary/aromatic N) is 2. The van der Waals surface area contributed by atoms with Crippen LogP contribution in [0.4, 0.5) is 11.4 Å². The minimum Gasteiger partial charge on any atom is -0.507 e. The zero-order chi connectivity index (χ0) is 33.5. The molecule has 2 aliphatic carbocycles. The predicted octanol–water partition coefficient (Wildman–Crippen LogP) is 6.38. The number of phenols is 1. The lowest BCUT2D eigenvalue weighted by Crippen LogP contribution is -2.43. The average molecular weight is 676 g/mol. The zero-order valence-electron chi connectivity index (χ0n) is 26.1. The first-order valence-electron chi connectivity index (χ1n) is 15.4. The molecule has 242 valence electrons. The molecule has 0 bridgehead atoms. The second-order valence-corrected chi connectivity index (χ2v) is 13.5. The van der Waals surface area contributed by atoms with Crippen molar-refractivity contribution in [3.05, 3.63) is 86.9 Å². The summed E-state index contributed by atoms with van der Waals surface area (Å²) in [6.07, 6.45) is 2.34. The number of carbonyl (C=O) groups is 4. The molecule has 0 spiro atoms. The lowest BCUT2D eigenvalue weighted by atomic mass is 9.57. The third-order valence-corrected chi connectivity index (χ3v) is 11.2. The Morgan fingerprint density at radius 3 is 1.85 bits per heavy atom. The number of halogens is 2. The van der Waals surface area contributed by atoms with Crippen molar-refractivity contribution >= 4 is 58.2 Å². The van der Waals surface area contributed by atoms with Gasteiger partial charge in [0.15, 0.2) is 0 Å². The molecule has 3 aromatic rings. The van der Waals surface area contributed by atoms with Crippen molar-refractivity contribution < 1.29 is 33.8 Å². The van der Waals surface area contributed by atoms with Gasteiger partial charge in [-0.25, -0.2) is 9.80 Å². The number of rotatable bonds is 5. The number of fused-ring (bicyclic) bond motifs is 4. The number of hydrogen-bond donors (Lipinski definition) is 1. The SMILES string of the molecule is COc1cc(O)c([C@H]2C3=CC[C@@H]4C(=O)N(c5ccc(C)c(Cl)c5)C(=O)[C@@H]4[C@@H]3C[C@H]3C(=O)N(c4ccc(C)c(Cl)c4)C(=O)[C@@H]23)c(OC)c1. The number of ether oxygens (including phenoxy) is 2. The summed E-state index contributed by atoms with van der Waals surface area (Å²) in [5, 5.41) is 12.3. The first kappa shape index (κ1) is 31.3. The Labute approximate surface area is 281 Å². The fraction of sp³-hybridized carbons (Fsp3) is 0.333. The predicted molar refractivity (Wildman–Crippen MR) is 176 cm³/mol. The van der Waals surface area contributed by atoms with Crippen molar-refractivity contribution in [3.8, 4) is 17.2 Å². The van der Waals surface area contributed by atoms with Crippen LogP contribution in [0.25, 0.3) is 0 Å². The van der Waals surface area contributed by atoms with Gasteiger partial charge in [0.05, 0.1) is 49.3 Å². The van der Waals surface area contributed by atoms with Crippen molar-refractivity contribution in [2.24, 2.45) is 29.6 Å².